The summed E-state index contributed by atoms with van der Waals surface area (Å²) in [6.45, 7) is 7.59. The number of carbonyl (C=O) groups is 1. The molecule has 0 aliphatic carbocycles. The van der Waals surface area contributed by atoms with E-state index in [1.807, 2.05) is 24.1 Å². The summed E-state index contributed by atoms with van der Waals surface area (Å²) in [7, 11) is 5.27. The van der Waals surface area contributed by atoms with Crippen LogP contribution in [0.1, 0.15) is 16.7 Å². The minimum Gasteiger partial charge on any atom is -0.493 e. The molecule has 0 spiro atoms. The van der Waals surface area contributed by atoms with Crippen LogP contribution in [0, 0.1) is 6.92 Å². The Morgan fingerprint density at radius 1 is 1.14 bits per heavy atom. The van der Waals surface area contributed by atoms with Crippen LogP contribution in [0.5, 0.6) is 11.5 Å². The van der Waals surface area contributed by atoms with Crippen molar-refractivity contribution in [2.24, 2.45) is 0 Å². The molecule has 1 aliphatic rings. The summed E-state index contributed by atoms with van der Waals surface area (Å²) < 4.78 is 10.8. The molecule has 0 atom stereocenters. The number of thiophene rings is 1. The van der Waals surface area contributed by atoms with E-state index >= 15 is 0 Å². The fourth-order valence-electron chi connectivity index (χ4n) is 3.67. The quantitative estimate of drug-likeness (QED) is 0.661. The number of amides is 1. The molecule has 7 heteroatoms. The molecule has 0 saturated carbocycles. The molecule has 3 rings (SSSR count). The predicted molar refractivity (Wildman–Crippen MR) is 117 cm³/mol. The SMILES string of the molecule is COc1cc(C)c(CN(C)CC(=O)N2CCN(Cc3ccsc3)CC2)cc1OC. The summed E-state index contributed by atoms with van der Waals surface area (Å²) in [5.41, 5.74) is 3.63. The highest BCUT2D eigenvalue weighted by molar-refractivity contribution is 7.07. The number of hydrogen-bond acceptors (Lipinski definition) is 6. The Balaban J connectivity index is 1.49. The van der Waals surface area contributed by atoms with Crippen LogP contribution in [0.3, 0.4) is 0 Å². The summed E-state index contributed by atoms with van der Waals surface area (Å²) in [6.07, 6.45) is 0. The molecule has 1 aromatic carbocycles. The Kier molecular flexibility index (Phi) is 7.52. The van der Waals surface area contributed by atoms with Gasteiger partial charge in [-0.3, -0.25) is 14.6 Å². The number of benzene rings is 1. The molecule has 158 valence electrons. The van der Waals surface area contributed by atoms with Gasteiger partial charge in [-0.2, -0.15) is 11.3 Å². The fraction of sp³-hybridized carbons (Fsp3) is 0.500. The second-order valence-corrected chi connectivity index (χ2v) is 8.37. The van der Waals surface area contributed by atoms with Crippen LogP contribution in [0.25, 0.3) is 0 Å². The molecule has 0 unspecified atom stereocenters. The molecule has 1 fully saturated rings. The largest absolute Gasteiger partial charge is 0.493 e. The van der Waals surface area contributed by atoms with Gasteiger partial charge in [-0.25, -0.2) is 0 Å². The third-order valence-electron chi connectivity index (χ3n) is 5.40. The Labute approximate surface area is 177 Å². The Bertz CT molecular complexity index is 802. The Morgan fingerprint density at radius 2 is 1.83 bits per heavy atom. The lowest BCUT2D eigenvalue weighted by atomic mass is 10.1. The van der Waals surface area contributed by atoms with Gasteiger partial charge in [0.1, 0.15) is 0 Å². The maximum Gasteiger partial charge on any atom is 0.236 e. The summed E-state index contributed by atoms with van der Waals surface area (Å²) >= 11 is 1.73. The fourth-order valence-corrected chi connectivity index (χ4v) is 4.33. The topological polar surface area (TPSA) is 45.2 Å². The average molecular weight is 418 g/mol. The van der Waals surface area contributed by atoms with Gasteiger partial charge < -0.3 is 14.4 Å². The van der Waals surface area contributed by atoms with E-state index in [1.54, 1.807) is 25.6 Å². The summed E-state index contributed by atoms with van der Waals surface area (Å²) in [4.78, 5) is 19.2. The van der Waals surface area contributed by atoms with E-state index < -0.39 is 0 Å². The van der Waals surface area contributed by atoms with Gasteiger partial charge in [-0.1, -0.05) is 0 Å². The van der Waals surface area contributed by atoms with Crippen molar-refractivity contribution in [1.29, 1.82) is 0 Å². The zero-order valence-electron chi connectivity index (χ0n) is 17.8. The molecule has 0 bridgehead atoms. The van der Waals surface area contributed by atoms with Gasteiger partial charge >= 0.3 is 0 Å². The first kappa shape index (κ1) is 21.6. The summed E-state index contributed by atoms with van der Waals surface area (Å²) in [6, 6.07) is 6.15. The number of rotatable bonds is 8. The van der Waals surface area contributed by atoms with Crippen molar-refractivity contribution in [3.63, 3.8) is 0 Å². The van der Waals surface area contributed by atoms with Crippen molar-refractivity contribution in [2.45, 2.75) is 20.0 Å². The normalized spacial score (nSPS) is 15.0. The van der Waals surface area contributed by atoms with Crippen LogP contribution in [-0.4, -0.2) is 74.6 Å². The third kappa shape index (κ3) is 5.72. The minimum atomic E-state index is 0.195. The number of nitrogens with zero attached hydrogens (tertiary/aromatic N) is 3. The Hall–Kier alpha value is -2.09. The van der Waals surface area contributed by atoms with Gasteiger partial charge in [0.2, 0.25) is 5.91 Å². The van der Waals surface area contributed by atoms with Crippen molar-refractivity contribution < 1.29 is 14.3 Å². The van der Waals surface area contributed by atoms with Gasteiger partial charge in [0, 0.05) is 39.3 Å². The molecule has 29 heavy (non-hydrogen) atoms. The van der Waals surface area contributed by atoms with Crippen molar-refractivity contribution in [1.82, 2.24) is 14.7 Å². The highest BCUT2D eigenvalue weighted by atomic mass is 32.1. The van der Waals surface area contributed by atoms with Gasteiger partial charge in [-0.15, -0.1) is 0 Å². The zero-order valence-corrected chi connectivity index (χ0v) is 18.6. The number of hydrogen-bond donors (Lipinski definition) is 0. The molecule has 0 N–H and O–H groups in total. The molecule has 1 amide bonds. The second kappa shape index (κ2) is 10.1. The van der Waals surface area contributed by atoms with Crippen LogP contribution < -0.4 is 9.47 Å². The number of ether oxygens (including phenoxy) is 2. The van der Waals surface area contributed by atoms with Gasteiger partial charge in [-0.05, 0) is 59.6 Å². The zero-order chi connectivity index (χ0) is 20.8. The lowest BCUT2D eigenvalue weighted by molar-refractivity contribution is -0.134. The molecular weight excluding hydrogens is 386 g/mol. The van der Waals surface area contributed by atoms with Crippen LogP contribution in [0.15, 0.2) is 29.0 Å². The Morgan fingerprint density at radius 3 is 2.45 bits per heavy atom. The maximum atomic E-state index is 12.8. The van der Waals surface area contributed by atoms with Gasteiger partial charge in [0.15, 0.2) is 11.5 Å². The van der Waals surface area contributed by atoms with E-state index in [0.717, 1.165) is 55.3 Å². The molecule has 0 radical (unpaired) electrons. The lowest BCUT2D eigenvalue weighted by Gasteiger charge is -2.35. The maximum absolute atomic E-state index is 12.8. The first-order valence-corrected chi connectivity index (χ1v) is 10.9. The van der Waals surface area contributed by atoms with Crippen molar-refractivity contribution in [3.8, 4) is 11.5 Å². The molecule has 1 saturated heterocycles. The second-order valence-electron chi connectivity index (χ2n) is 7.59. The monoisotopic (exact) mass is 417 g/mol. The van der Waals surface area contributed by atoms with Crippen LogP contribution in [0.2, 0.25) is 0 Å². The van der Waals surface area contributed by atoms with Gasteiger partial charge in [0.05, 0.1) is 20.8 Å². The van der Waals surface area contributed by atoms with Crippen molar-refractivity contribution in [3.05, 3.63) is 45.6 Å². The number of piperazine rings is 1. The molecule has 1 aliphatic heterocycles. The average Bonchev–Trinajstić information content (AvgIpc) is 3.22. The first-order valence-electron chi connectivity index (χ1n) is 9.91. The predicted octanol–water partition coefficient (Wildman–Crippen LogP) is 2.85. The number of carbonyl (C=O) groups excluding carboxylic acids is 1. The number of aryl methyl sites for hydroxylation is 1. The summed E-state index contributed by atoms with van der Waals surface area (Å²) in [5, 5.41) is 4.31. The summed E-state index contributed by atoms with van der Waals surface area (Å²) in [5.74, 6) is 1.64. The molecule has 6 nitrogen and oxygen atoms in total. The van der Waals surface area contributed by atoms with E-state index in [0.29, 0.717) is 13.1 Å². The molecule has 2 aromatic rings. The number of likely N-dealkylation sites (N-methyl/N-ethyl adjacent to an activating group) is 1. The van der Waals surface area contributed by atoms with E-state index in [9.17, 15) is 4.79 Å². The van der Waals surface area contributed by atoms with E-state index in [4.69, 9.17) is 9.47 Å². The van der Waals surface area contributed by atoms with Crippen molar-refractivity contribution >= 4 is 17.2 Å². The van der Waals surface area contributed by atoms with E-state index in [-0.39, 0.29) is 5.91 Å². The standard InChI is InChI=1S/C22H31N3O3S/c1-17-11-20(27-3)21(28-4)12-19(17)14-23(2)15-22(26)25-8-6-24(7-9-25)13-18-5-10-29-16-18/h5,10-12,16H,6-9,13-15H2,1-4H3. The molecule has 1 aromatic heterocycles. The highest BCUT2D eigenvalue weighted by Crippen LogP contribution is 2.30. The molecule has 2 heterocycles. The van der Waals surface area contributed by atoms with E-state index in [2.05, 4.69) is 33.6 Å². The van der Waals surface area contributed by atoms with E-state index in [1.165, 1.54) is 5.56 Å². The smallest absolute Gasteiger partial charge is 0.236 e. The van der Waals surface area contributed by atoms with Crippen LogP contribution in [-0.2, 0) is 17.9 Å². The number of methoxy groups -OCH3 is 2. The van der Waals surface area contributed by atoms with Crippen LogP contribution in [0.4, 0.5) is 0 Å². The third-order valence-corrected chi connectivity index (χ3v) is 6.13. The highest BCUT2D eigenvalue weighted by Gasteiger charge is 2.22. The first-order chi connectivity index (χ1) is 14.0. The van der Waals surface area contributed by atoms with Crippen molar-refractivity contribution in [2.75, 3.05) is 54.0 Å². The van der Waals surface area contributed by atoms with Gasteiger partial charge in [0.25, 0.3) is 0 Å². The van der Waals surface area contributed by atoms with Crippen LogP contribution >= 0.6 is 11.3 Å². The molecular formula is C22H31N3O3S. The minimum absolute atomic E-state index is 0.195. The lowest BCUT2D eigenvalue weighted by Crippen LogP contribution is -2.50.